The van der Waals surface area contributed by atoms with Crippen LogP contribution in [0.1, 0.15) is 60.1 Å². The zero-order chi connectivity index (χ0) is 32.1. The van der Waals surface area contributed by atoms with Crippen molar-refractivity contribution in [3.05, 3.63) is 64.8 Å². The highest BCUT2D eigenvalue weighted by molar-refractivity contribution is 8.16. The zero-order valence-corrected chi connectivity index (χ0v) is 27.5. The Bertz CT molecular complexity index is 1910. The number of nitrogens with zero attached hydrogens (tertiary/aromatic N) is 4. The molecule has 2 fully saturated rings. The average Bonchev–Trinajstić information content (AvgIpc) is 3.69. The Morgan fingerprint density at radius 2 is 1.76 bits per heavy atom. The first-order valence-corrected chi connectivity index (χ1v) is 17.4. The molecule has 4 aromatic rings. The third kappa shape index (κ3) is 6.01. The Kier molecular flexibility index (Phi) is 8.08. The van der Waals surface area contributed by atoms with Gasteiger partial charge in [0.1, 0.15) is 9.75 Å². The molecule has 2 saturated heterocycles. The van der Waals surface area contributed by atoms with Crippen molar-refractivity contribution in [1.29, 1.82) is 0 Å². The van der Waals surface area contributed by atoms with Crippen molar-refractivity contribution in [3.8, 4) is 11.1 Å². The molecule has 0 radical (unpaired) electrons. The van der Waals surface area contributed by atoms with Gasteiger partial charge in [0.25, 0.3) is 11.1 Å². The fourth-order valence-corrected chi connectivity index (χ4v) is 8.85. The fourth-order valence-electron chi connectivity index (χ4n) is 5.06. The normalized spacial score (nSPS) is 20.0. The molecule has 236 valence electrons. The van der Waals surface area contributed by atoms with Gasteiger partial charge in [0.15, 0.2) is 15.1 Å². The predicted octanol–water partition coefficient (Wildman–Crippen LogP) is 4.41. The van der Waals surface area contributed by atoms with Crippen LogP contribution in [0.25, 0.3) is 21.3 Å². The molecule has 15 heteroatoms. The minimum Gasteiger partial charge on any atom is -0.423 e. The topological polar surface area (TPSA) is 162 Å². The number of morpholine rings is 1. The molecule has 2 atom stereocenters. The van der Waals surface area contributed by atoms with Crippen LogP contribution in [0.4, 0.5) is 4.79 Å². The number of hydrogen-bond donors (Lipinski definition) is 1. The van der Waals surface area contributed by atoms with E-state index in [9.17, 15) is 22.8 Å². The second-order valence-corrected chi connectivity index (χ2v) is 17.4. The second kappa shape index (κ2) is 11.6. The van der Waals surface area contributed by atoms with E-state index >= 15 is 0 Å². The number of amides is 3. The van der Waals surface area contributed by atoms with Crippen LogP contribution in [-0.4, -0.2) is 81.3 Å². The van der Waals surface area contributed by atoms with E-state index in [1.54, 1.807) is 44.7 Å². The molecule has 2 aliphatic heterocycles. The number of aromatic nitrogens is 3. The van der Waals surface area contributed by atoms with Gasteiger partial charge < -0.3 is 14.1 Å². The average molecular weight is 670 g/mol. The lowest BCUT2D eigenvalue weighted by Crippen LogP contribution is -2.40. The van der Waals surface area contributed by atoms with E-state index in [1.165, 1.54) is 11.3 Å². The van der Waals surface area contributed by atoms with E-state index < -0.39 is 35.7 Å². The SMILES string of the molecule is CC1(Cc2nnc(C(c3nc4ccc(-c5ccc(C(=O)N6CCOCC6)cc5)cc4s3)S(=O)(=O)C(C)(C)C)o2)SC(=O)NC1=O. The summed E-state index contributed by atoms with van der Waals surface area (Å²) in [5.41, 5.74) is 2.99. The van der Waals surface area contributed by atoms with Crippen molar-refractivity contribution < 1.29 is 32.0 Å². The van der Waals surface area contributed by atoms with Crippen LogP contribution < -0.4 is 5.32 Å². The summed E-state index contributed by atoms with van der Waals surface area (Å²) < 4.78 is 37.5. The molecule has 45 heavy (non-hydrogen) atoms. The van der Waals surface area contributed by atoms with E-state index in [4.69, 9.17) is 9.15 Å². The molecule has 6 rings (SSSR count). The first-order valence-electron chi connectivity index (χ1n) is 14.2. The maximum absolute atomic E-state index is 13.9. The molecule has 2 aromatic heterocycles. The fraction of sp³-hybridized carbons (Fsp3) is 0.400. The number of rotatable bonds is 7. The molecule has 0 bridgehead atoms. The number of fused-ring (bicyclic) bond motifs is 1. The maximum Gasteiger partial charge on any atom is 0.286 e. The molecule has 3 amide bonds. The monoisotopic (exact) mass is 669 g/mol. The molecular formula is C30H31N5O7S3. The van der Waals surface area contributed by atoms with Gasteiger partial charge in [0.05, 0.1) is 28.2 Å². The van der Waals surface area contributed by atoms with Gasteiger partial charge in [-0.15, -0.1) is 21.5 Å². The predicted molar refractivity (Wildman–Crippen MR) is 170 cm³/mol. The molecule has 0 aliphatic carbocycles. The van der Waals surface area contributed by atoms with Gasteiger partial charge in [-0.2, -0.15) is 0 Å². The Morgan fingerprint density at radius 3 is 2.40 bits per heavy atom. The van der Waals surface area contributed by atoms with E-state index in [0.29, 0.717) is 37.4 Å². The maximum atomic E-state index is 13.9. The number of carbonyl (C=O) groups excluding carboxylic acids is 3. The number of thioether (sulfide) groups is 1. The summed E-state index contributed by atoms with van der Waals surface area (Å²) in [5, 5.41) is 8.84. The number of thiazole rings is 1. The lowest BCUT2D eigenvalue weighted by molar-refractivity contribution is -0.121. The standard InChI is InChI=1S/C30H31N5O7S3/c1-29(2,3)45(39,40)23(24-34-33-22(42-24)16-30(4)27(37)32-28(38)44-30)25-31-20-10-9-19(15-21(20)43-25)17-5-7-18(8-6-17)26(36)35-11-13-41-14-12-35/h5-10,15,23H,11-14,16H2,1-4H3,(H,32,37,38). The second-order valence-electron chi connectivity index (χ2n) is 12.0. The van der Waals surface area contributed by atoms with Gasteiger partial charge in [-0.3, -0.25) is 19.7 Å². The lowest BCUT2D eigenvalue weighted by atomic mass is 10.0. The Labute approximate surface area is 267 Å². The minimum absolute atomic E-state index is 0.0319. The van der Waals surface area contributed by atoms with Crippen molar-refractivity contribution in [2.75, 3.05) is 26.3 Å². The molecule has 2 aromatic carbocycles. The number of benzene rings is 2. The first-order chi connectivity index (χ1) is 21.2. The molecular weight excluding hydrogens is 639 g/mol. The summed E-state index contributed by atoms with van der Waals surface area (Å²) >= 11 is 2.04. The third-order valence-corrected chi connectivity index (χ3v) is 12.8. The van der Waals surface area contributed by atoms with Gasteiger partial charge in [0, 0.05) is 25.1 Å². The van der Waals surface area contributed by atoms with Gasteiger partial charge in [-0.1, -0.05) is 18.2 Å². The Balaban J connectivity index is 1.31. The molecule has 0 spiro atoms. The summed E-state index contributed by atoms with van der Waals surface area (Å²) in [6.07, 6.45) is -0.0510. The quantitative estimate of drug-likeness (QED) is 0.297. The summed E-state index contributed by atoms with van der Waals surface area (Å²) in [6.45, 7) is 8.58. The van der Waals surface area contributed by atoms with Crippen LogP contribution in [-0.2, 0) is 25.8 Å². The minimum atomic E-state index is -3.96. The van der Waals surface area contributed by atoms with E-state index in [1.807, 2.05) is 30.3 Å². The first kappa shape index (κ1) is 31.3. The van der Waals surface area contributed by atoms with Gasteiger partial charge in [-0.05, 0) is 74.8 Å². The molecule has 0 saturated carbocycles. The van der Waals surface area contributed by atoms with Crippen molar-refractivity contribution >= 4 is 60.2 Å². The van der Waals surface area contributed by atoms with Crippen molar-refractivity contribution in [1.82, 2.24) is 25.4 Å². The highest BCUT2D eigenvalue weighted by Gasteiger charge is 2.47. The van der Waals surface area contributed by atoms with E-state index in [-0.39, 0.29) is 29.1 Å². The van der Waals surface area contributed by atoms with Gasteiger partial charge in [0.2, 0.25) is 17.7 Å². The molecule has 2 aliphatic rings. The largest absolute Gasteiger partial charge is 0.423 e. The van der Waals surface area contributed by atoms with Crippen LogP contribution in [0.2, 0.25) is 0 Å². The lowest BCUT2D eigenvalue weighted by Gasteiger charge is -2.26. The number of hydrogen-bond acceptors (Lipinski definition) is 12. The highest BCUT2D eigenvalue weighted by atomic mass is 32.2. The summed E-state index contributed by atoms with van der Waals surface area (Å²) in [6, 6.07) is 13.0. The number of nitrogens with one attached hydrogen (secondary N) is 1. The van der Waals surface area contributed by atoms with E-state index in [0.717, 1.165) is 27.6 Å². The number of ether oxygens (including phenoxy) is 1. The Hall–Kier alpha value is -3.66. The Morgan fingerprint density at radius 1 is 1.07 bits per heavy atom. The summed E-state index contributed by atoms with van der Waals surface area (Å²) in [5.74, 6) is -0.622. The van der Waals surface area contributed by atoms with Gasteiger partial charge >= 0.3 is 0 Å². The molecule has 12 nitrogen and oxygen atoms in total. The number of imide groups is 1. The smallest absolute Gasteiger partial charge is 0.286 e. The van der Waals surface area contributed by atoms with Gasteiger partial charge in [-0.25, -0.2) is 13.4 Å². The third-order valence-electron chi connectivity index (χ3n) is 7.77. The number of sulfone groups is 1. The van der Waals surface area contributed by atoms with E-state index in [2.05, 4.69) is 20.5 Å². The van der Waals surface area contributed by atoms with Crippen molar-refractivity contribution in [2.24, 2.45) is 0 Å². The van der Waals surface area contributed by atoms with Crippen LogP contribution in [0.3, 0.4) is 0 Å². The molecule has 2 unspecified atom stereocenters. The molecule has 1 N–H and O–H groups in total. The summed E-state index contributed by atoms with van der Waals surface area (Å²) in [7, 11) is -3.96. The van der Waals surface area contributed by atoms with Crippen molar-refractivity contribution in [3.63, 3.8) is 0 Å². The zero-order valence-electron chi connectivity index (χ0n) is 25.0. The van der Waals surface area contributed by atoms with Crippen LogP contribution >= 0.6 is 23.1 Å². The highest BCUT2D eigenvalue weighted by Crippen LogP contribution is 2.41. The summed E-state index contributed by atoms with van der Waals surface area (Å²) in [4.78, 5) is 43.4. The van der Waals surface area contributed by atoms with Crippen LogP contribution in [0.15, 0.2) is 46.9 Å². The molecule has 4 heterocycles. The van der Waals surface area contributed by atoms with Crippen molar-refractivity contribution in [2.45, 2.75) is 48.9 Å². The number of carbonyl (C=O) groups is 3. The van der Waals surface area contributed by atoms with Crippen LogP contribution in [0, 0.1) is 0 Å². The van der Waals surface area contributed by atoms with Crippen LogP contribution in [0.5, 0.6) is 0 Å².